The van der Waals surface area contributed by atoms with Crippen molar-refractivity contribution in [1.82, 2.24) is 4.90 Å². The highest BCUT2D eigenvalue weighted by Crippen LogP contribution is 2.45. The molecule has 1 aliphatic heterocycles. The van der Waals surface area contributed by atoms with Crippen molar-refractivity contribution in [2.75, 3.05) is 31.8 Å². The number of benzene rings is 2. The van der Waals surface area contributed by atoms with Gasteiger partial charge in [-0.05, 0) is 31.0 Å². The quantitative estimate of drug-likeness (QED) is 0.852. The minimum absolute atomic E-state index is 0.0951. The van der Waals surface area contributed by atoms with Gasteiger partial charge in [-0.2, -0.15) is 0 Å². The first-order valence-electron chi connectivity index (χ1n) is 8.53. The van der Waals surface area contributed by atoms with Crippen molar-refractivity contribution in [3.63, 3.8) is 0 Å². The van der Waals surface area contributed by atoms with Crippen LogP contribution in [-0.2, 0) is 0 Å². The third-order valence-electron chi connectivity index (χ3n) is 4.56. The Balaban J connectivity index is 1.88. The predicted octanol–water partition coefficient (Wildman–Crippen LogP) is 4.60. The van der Waals surface area contributed by atoms with Crippen molar-refractivity contribution in [2.24, 2.45) is 0 Å². The standard InChI is InChI=1S/C20H24N2O3S/c1-13-7-5-8-14(2)17(13)21-20(23)22-11-12-26-19(22)15-9-6-10-16(24-3)18(15)25-4/h5-10,19H,11-12H2,1-4H3,(H,21,23)/t19-/m0/s1. The second-order valence-corrected chi connectivity index (χ2v) is 7.38. The summed E-state index contributed by atoms with van der Waals surface area (Å²) in [7, 11) is 3.25. The lowest BCUT2D eigenvalue weighted by molar-refractivity contribution is 0.213. The van der Waals surface area contributed by atoms with E-state index in [1.165, 1.54) is 0 Å². The molecule has 1 saturated heterocycles. The number of methoxy groups -OCH3 is 2. The molecule has 26 heavy (non-hydrogen) atoms. The Labute approximate surface area is 158 Å². The lowest BCUT2D eigenvalue weighted by Crippen LogP contribution is -2.34. The molecule has 6 heteroatoms. The number of carbonyl (C=O) groups is 1. The molecule has 0 saturated carbocycles. The van der Waals surface area contributed by atoms with E-state index in [2.05, 4.69) is 5.32 Å². The van der Waals surface area contributed by atoms with E-state index in [-0.39, 0.29) is 11.4 Å². The molecule has 0 radical (unpaired) electrons. The molecule has 2 aromatic rings. The van der Waals surface area contributed by atoms with E-state index in [9.17, 15) is 4.79 Å². The first-order chi connectivity index (χ1) is 12.6. The number of amides is 2. The summed E-state index contributed by atoms with van der Waals surface area (Å²) in [6.45, 7) is 4.69. The van der Waals surface area contributed by atoms with Crippen molar-refractivity contribution in [1.29, 1.82) is 0 Å². The van der Waals surface area contributed by atoms with Gasteiger partial charge in [-0.15, -0.1) is 11.8 Å². The number of aryl methyl sites for hydroxylation is 2. The van der Waals surface area contributed by atoms with Crippen LogP contribution in [0.2, 0.25) is 0 Å². The first kappa shape index (κ1) is 18.5. The van der Waals surface area contributed by atoms with Crippen molar-refractivity contribution in [3.8, 4) is 11.5 Å². The number of nitrogens with zero attached hydrogens (tertiary/aromatic N) is 1. The minimum atomic E-state index is -0.107. The number of nitrogens with one attached hydrogen (secondary N) is 1. The summed E-state index contributed by atoms with van der Waals surface area (Å²) >= 11 is 1.73. The topological polar surface area (TPSA) is 50.8 Å². The zero-order valence-corrected chi connectivity index (χ0v) is 16.4. The Morgan fingerprint density at radius 2 is 1.81 bits per heavy atom. The molecule has 0 bridgehead atoms. The number of thioether (sulfide) groups is 1. The number of carbonyl (C=O) groups excluding carboxylic acids is 1. The van der Waals surface area contributed by atoms with Crippen LogP contribution in [0.15, 0.2) is 36.4 Å². The Bertz CT molecular complexity index is 789. The molecule has 0 aromatic heterocycles. The predicted molar refractivity (Wildman–Crippen MR) is 106 cm³/mol. The van der Waals surface area contributed by atoms with Crippen LogP contribution in [0.3, 0.4) is 0 Å². The zero-order valence-electron chi connectivity index (χ0n) is 15.5. The monoisotopic (exact) mass is 372 g/mol. The molecule has 1 N–H and O–H groups in total. The Morgan fingerprint density at radius 1 is 1.12 bits per heavy atom. The lowest BCUT2D eigenvalue weighted by Gasteiger charge is -2.27. The number of ether oxygens (including phenoxy) is 2. The van der Waals surface area contributed by atoms with E-state index < -0.39 is 0 Å². The average Bonchev–Trinajstić information content (AvgIpc) is 3.13. The van der Waals surface area contributed by atoms with Crippen LogP contribution in [0.25, 0.3) is 0 Å². The van der Waals surface area contributed by atoms with Crippen molar-refractivity contribution in [3.05, 3.63) is 53.1 Å². The second kappa shape index (κ2) is 7.91. The maximum Gasteiger partial charge on any atom is 0.323 e. The van der Waals surface area contributed by atoms with E-state index in [0.717, 1.165) is 28.1 Å². The average molecular weight is 372 g/mol. The molecule has 138 valence electrons. The largest absolute Gasteiger partial charge is 0.493 e. The molecule has 3 rings (SSSR count). The zero-order chi connectivity index (χ0) is 18.7. The Kier molecular flexibility index (Phi) is 5.61. The van der Waals surface area contributed by atoms with Gasteiger partial charge in [0, 0.05) is 23.5 Å². The van der Waals surface area contributed by atoms with Gasteiger partial charge in [0.05, 0.1) is 14.2 Å². The van der Waals surface area contributed by atoms with E-state index in [0.29, 0.717) is 18.0 Å². The van der Waals surface area contributed by atoms with E-state index in [4.69, 9.17) is 9.47 Å². The van der Waals surface area contributed by atoms with Gasteiger partial charge < -0.3 is 19.7 Å². The number of para-hydroxylation sites is 2. The molecular formula is C20H24N2O3S. The molecule has 1 atom stereocenters. The molecule has 2 amide bonds. The van der Waals surface area contributed by atoms with Crippen LogP contribution in [0.1, 0.15) is 22.1 Å². The van der Waals surface area contributed by atoms with Crippen LogP contribution >= 0.6 is 11.8 Å². The molecule has 0 aliphatic carbocycles. The Hall–Kier alpha value is -2.34. The molecule has 2 aromatic carbocycles. The minimum Gasteiger partial charge on any atom is -0.493 e. The SMILES string of the molecule is COc1cccc([C@@H]2SCCN2C(=O)Nc2c(C)cccc2C)c1OC. The van der Waals surface area contributed by atoms with Gasteiger partial charge in [0.2, 0.25) is 0 Å². The van der Waals surface area contributed by atoms with E-state index >= 15 is 0 Å². The fraction of sp³-hybridized carbons (Fsp3) is 0.350. The van der Waals surface area contributed by atoms with E-state index in [1.807, 2.05) is 55.1 Å². The van der Waals surface area contributed by atoms with Crippen LogP contribution < -0.4 is 14.8 Å². The highest BCUT2D eigenvalue weighted by atomic mass is 32.2. The maximum atomic E-state index is 13.0. The molecule has 0 spiro atoms. The second-order valence-electron chi connectivity index (χ2n) is 6.20. The van der Waals surface area contributed by atoms with Crippen LogP contribution in [0.5, 0.6) is 11.5 Å². The lowest BCUT2D eigenvalue weighted by atomic mass is 10.1. The van der Waals surface area contributed by atoms with Gasteiger partial charge >= 0.3 is 6.03 Å². The highest BCUT2D eigenvalue weighted by molar-refractivity contribution is 7.99. The molecule has 1 heterocycles. The maximum absolute atomic E-state index is 13.0. The molecular weight excluding hydrogens is 348 g/mol. The fourth-order valence-electron chi connectivity index (χ4n) is 3.23. The van der Waals surface area contributed by atoms with Crippen molar-refractivity contribution < 1.29 is 14.3 Å². The van der Waals surface area contributed by atoms with Crippen LogP contribution in [0.4, 0.5) is 10.5 Å². The smallest absolute Gasteiger partial charge is 0.323 e. The summed E-state index contributed by atoms with van der Waals surface area (Å²) in [6.07, 6.45) is 0. The summed E-state index contributed by atoms with van der Waals surface area (Å²) in [5, 5.41) is 2.98. The van der Waals surface area contributed by atoms with Gasteiger partial charge in [-0.25, -0.2) is 4.79 Å². The van der Waals surface area contributed by atoms with Gasteiger partial charge in [-0.3, -0.25) is 0 Å². The molecule has 0 unspecified atom stereocenters. The number of anilines is 1. The number of hydrogen-bond donors (Lipinski definition) is 1. The van der Waals surface area contributed by atoms with Gasteiger partial charge in [-0.1, -0.05) is 30.3 Å². The van der Waals surface area contributed by atoms with E-state index in [1.54, 1.807) is 26.0 Å². The summed E-state index contributed by atoms with van der Waals surface area (Å²) in [6, 6.07) is 11.7. The normalized spacial score (nSPS) is 16.5. The fourth-order valence-corrected chi connectivity index (χ4v) is 4.50. The molecule has 1 fully saturated rings. The summed E-state index contributed by atoms with van der Waals surface area (Å²) in [5.41, 5.74) is 3.94. The van der Waals surface area contributed by atoms with Crippen molar-refractivity contribution in [2.45, 2.75) is 19.2 Å². The van der Waals surface area contributed by atoms with Crippen molar-refractivity contribution >= 4 is 23.5 Å². The molecule has 1 aliphatic rings. The van der Waals surface area contributed by atoms with Gasteiger partial charge in [0.15, 0.2) is 11.5 Å². The molecule has 5 nitrogen and oxygen atoms in total. The van der Waals surface area contributed by atoms with Crippen LogP contribution in [0, 0.1) is 13.8 Å². The van der Waals surface area contributed by atoms with Crippen LogP contribution in [-0.4, -0.2) is 37.4 Å². The summed E-state index contributed by atoms with van der Waals surface area (Å²) < 4.78 is 11.0. The summed E-state index contributed by atoms with van der Waals surface area (Å²) in [4.78, 5) is 14.8. The third-order valence-corrected chi connectivity index (χ3v) is 5.81. The van der Waals surface area contributed by atoms with Gasteiger partial charge in [0.1, 0.15) is 5.37 Å². The highest BCUT2D eigenvalue weighted by Gasteiger charge is 2.33. The summed E-state index contributed by atoms with van der Waals surface area (Å²) in [5.74, 6) is 2.23. The van der Waals surface area contributed by atoms with Gasteiger partial charge in [0.25, 0.3) is 0 Å². The number of rotatable bonds is 4. The number of hydrogen-bond acceptors (Lipinski definition) is 4. The number of urea groups is 1. The first-order valence-corrected chi connectivity index (χ1v) is 9.58. The third kappa shape index (κ3) is 3.46. The Morgan fingerprint density at radius 3 is 2.46 bits per heavy atom.